The average Bonchev–Trinajstić information content (AvgIpc) is 2.42. The first kappa shape index (κ1) is 14.2. The van der Waals surface area contributed by atoms with E-state index in [0.29, 0.717) is 10.6 Å². The molecule has 0 heterocycles. The molecule has 4 nitrogen and oxygen atoms in total. The minimum atomic E-state index is -0.257. The number of phenols is 1. The number of carbonyl (C=O) groups is 1. The van der Waals surface area contributed by atoms with Crippen molar-refractivity contribution in [2.24, 2.45) is 0 Å². The second-order valence-electron chi connectivity index (χ2n) is 4.76. The van der Waals surface area contributed by atoms with E-state index in [0.717, 1.165) is 19.3 Å². The minimum Gasteiger partial charge on any atom is -0.507 e. The standard InChI is InChI=1S/C14H18BrNO3/c1-19-9-6-7-13(17)10(8-9)14(18)16-12-5-3-2-4-11(12)15/h6-8,11-12,17H,2-5H2,1H3,(H,16,18). The lowest BCUT2D eigenvalue weighted by molar-refractivity contribution is 0.0927. The molecule has 5 heteroatoms. The van der Waals surface area contributed by atoms with Crippen molar-refractivity contribution in [3.63, 3.8) is 0 Å². The molecule has 1 amide bonds. The van der Waals surface area contributed by atoms with Gasteiger partial charge in [-0.1, -0.05) is 28.8 Å². The summed E-state index contributed by atoms with van der Waals surface area (Å²) >= 11 is 3.60. The number of halogens is 1. The summed E-state index contributed by atoms with van der Waals surface area (Å²) in [6.45, 7) is 0. The Hall–Kier alpha value is -1.23. The summed E-state index contributed by atoms with van der Waals surface area (Å²) in [5.74, 6) is 0.273. The quantitative estimate of drug-likeness (QED) is 0.839. The molecule has 1 fully saturated rings. The molecule has 1 aliphatic rings. The summed E-state index contributed by atoms with van der Waals surface area (Å²) in [5, 5.41) is 12.7. The summed E-state index contributed by atoms with van der Waals surface area (Å²) in [6, 6.07) is 4.77. The molecule has 2 atom stereocenters. The zero-order valence-electron chi connectivity index (χ0n) is 10.9. The van der Waals surface area contributed by atoms with E-state index >= 15 is 0 Å². The van der Waals surface area contributed by atoms with Crippen LogP contribution in [0.4, 0.5) is 0 Å². The van der Waals surface area contributed by atoms with Crippen LogP contribution < -0.4 is 10.1 Å². The van der Waals surface area contributed by atoms with Gasteiger partial charge in [0.05, 0.1) is 12.7 Å². The smallest absolute Gasteiger partial charge is 0.255 e. The number of amides is 1. The van der Waals surface area contributed by atoms with Gasteiger partial charge < -0.3 is 15.2 Å². The van der Waals surface area contributed by atoms with E-state index in [1.807, 2.05) is 0 Å². The highest BCUT2D eigenvalue weighted by Gasteiger charge is 2.25. The monoisotopic (exact) mass is 327 g/mol. The maximum absolute atomic E-state index is 12.2. The number of rotatable bonds is 3. The van der Waals surface area contributed by atoms with Crippen molar-refractivity contribution in [2.45, 2.75) is 36.6 Å². The molecule has 1 aliphatic carbocycles. The fourth-order valence-corrected chi connectivity index (χ4v) is 3.04. The molecule has 2 unspecified atom stereocenters. The third-order valence-electron chi connectivity index (χ3n) is 3.45. The van der Waals surface area contributed by atoms with Gasteiger partial charge >= 0.3 is 0 Å². The van der Waals surface area contributed by atoms with Crippen molar-refractivity contribution in [1.82, 2.24) is 5.32 Å². The zero-order valence-corrected chi connectivity index (χ0v) is 12.4. The van der Waals surface area contributed by atoms with Crippen molar-refractivity contribution in [3.8, 4) is 11.5 Å². The van der Waals surface area contributed by atoms with Gasteiger partial charge in [-0.15, -0.1) is 0 Å². The number of aromatic hydroxyl groups is 1. The second kappa shape index (κ2) is 6.28. The summed E-state index contributed by atoms with van der Waals surface area (Å²) in [5.41, 5.74) is 0.254. The summed E-state index contributed by atoms with van der Waals surface area (Å²) < 4.78 is 5.07. The Bertz CT molecular complexity index is 464. The van der Waals surface area contributed by atoms with Crippen molar-refractivity contribution in [3.05, 3.63) is 23.8 Å². The number of alkyl halides is 1. The average molecular weight is 328 g/mol. The van der Waals surface area contributed by atoms with E-state index < -0.39 is 0 Å². The molecular weight excluding hydrogens is 310 g/mol. The molecule has 0 aromatic heterocycles. The Balaban J connectivity index is 2.10. The summed E-state index contributed by atoms with van der Waals surface area (Å²) in [6.07, 6.45) is 4.34. The van der Waals surface area contributed by atoms with Crippen LogP contribution in [0.15, 0.2) is 18.2 Å². The fraction of sp³-hybridized carbons (Fsp3) is 0.500. The van der Waals surface area contributed by atoms with Gasteiger partial charge in [0.2, 0.25) is 0 Å². The Morgan fingerprint density at radius 2 is 2.16 bits per heavy atom. The van der Waals surface area contributed by atoms with Crippen molar-refractivity contribution < 1.29 is 14.6 Å². The number of benzene rings is 1. The van der Waals surface area contributed by atoms with E-state index in [4.69, 9.17) is 4.74 Å². The highest BCUT2D eigenvalue weighted by molar-refractivity contribution is 9.09. The Labute approximate surface area is 121 Å². The topological polar surface area (TPSA) is 58.6 Å². The number of phenolic OH excluding ortho intramolecular Hbond substituents is 1. The maximum atomic E-state index is 12.2. The first-order valence-corrected chi connectivity index (χ1v) is 7.35. The highest BCUT2D eigenvalue weighted by Crippen LogP contribution is 2.26. The van der Waals surface area contributed by atoms with Crippen LogP contribution in [-0.2, 0) is 0 Å². The first-order valence-electron chi connectivity index (χ1n) is 6.43. The molecular formula is C14H18BrNO3. The Morgan fingerprint density at radius 1 is 1.42 bits per heavy atom. The Kier molecular flexibility index (Phi) is 4.69. The van der Waals surface area contributed by atoms with Crippen molar-refractivity contribution in [1.29, 1.82) is 0 Å². The van der Waals surface area contributed by atoms with Gasteiger partial charge in [0.25, 0.3) is 5.91 Å². The molecule has 19 heavy (non-hydrogen) atoms. The van der Waals surface area contributed by atoms with E-state index in [2.05, 4.69) is 21.2 Å². The highest BCUT2D eigenvalue weighted by atomic mass is 79.9. The number of nitrogens with one attached hydrogen (secondary N) is 1. The van der Waals surface area contributed by atoms with Gasteiger partial charge in [-0.3, -0.25) is 4.79 Å². The van der Waals surface area contributed by atoms with E-state index in [9.17, 15) is 9.90 Å². The normalized spacial score (nSPS) is 22.8. The number of carbonyl (C=O) groups excluding carboxylic acids is 1. The SMILES string of the molecule is COc1ccc(O)c(C(=O)NC2CCCCC2Br)c1. The van der Waals surface area contributed by atoms with Gasteiger partial charge in [0.15, 0.2) is 0 Å². The van der Waals surface area contributed by atoms with Gasteiger partial charge in [-0.05, 0) is 31.0 Å². The van der Waals surface area contributed by atoms with Crippen molar-refractivity contribution in [2.75, 3.05) is 7.11 Å². The molecule has 0 aliphatic heterocycles. The van der Waals surface area contributed by atoms with E-state index in [1.165, 1.54) is 19.6 Å². The fourth-order valence-electron chi connectivity index (χ4n) is 2.32. The third kappa shape index (κ3) is 3.41. The number of methoxy groups -OCH3 is 1. The van der Waals surface area contributed by atoms with Gasteiger partial charge in [0.1, 0.15) is 11.5 Å². The van der Waals surface area contributed by atoms with E-state index in [1.54, 1.807) is 12.1 Å². The minimum absolute atomic E-state index is 0.0276. The first-order chi connectivity index (χ1) is 9.11. The molecule has 0 saturated heterocycles. The van der Waals surface area contributed by atoms with Crippen LogP contribution in [0.5, 0.6) is 11.5 Å². The van der Waals surface area contributed by atoms with Gasteiger partial charge in [-0.25, -0.2) is 0 Å². The molecule has 2 rings (SSSR count). The van der Waals surface area contributed by atoms with Crippen molar-refractivity contribution >= 4 is 21.8 Å². The van der Waals surface area contributed by atoms with Crippen LogP contribution in [0.3, 0.4) is 0 Å². The van der Waals surface area contributed by atoms with Gasteiger partial charge in [-0.2, -0.15) is 0 Å². The number of ether oxygens (including phenoxy) is 1. The molecule has 0 bridgehead atoms. The molecule has 1 aromatic rings. The lowest BCUT2D eigenvalue weighted by atomic mass is 9.95. The Morgan fingerprint density at radius 3 is 2.84 bits per heavy atom. The predicted octanol–water partition coefficient (Wildman–Crippen LogP) is 2.84. The molecule has 104 valence electrons. The largest absolute Gasteiger partial charge is 0.507 e. The number of hydrogen-bond donors (Lipinski definition) is 2. The molecule has 0 spiro atoms. The van der Waals surface area contributed by atoms with Gasteiger partial charge in [0, 0.05) is 10.9 Å². The molecule has 0 radical (unpaired) electrons. The van der Waals surface area contributed by atoms with Crippen LogP contribution in [0.1, 0.15) is 36.0 Å². The predicted molar refractivity (Wildman–Crippen MR) is 77.1 cm³/mol. The van der Waals surface area contributed by atoms with Crippen LogP contribution in [-0.4, -0.2) is 29.0 Å². The molecule has 2 N–H and O–H groups in total. The summed E-state index contributed by atoms with van der Waals surface area (Å²) in [7, 11) is 1.53. The summed E-state index contributed by atoms with van der Waals surface area (Å²) in [4.78, 5) is 12.5. The van der Waals surface area contributed by atoms with Crippen LogP contribution in [0.25, 0.3) is 0 Å². The van der Waals surface area contributed by atoms with Crippen LogP contribution >= 0.6 is 15.9 Å². The second-order valence-corrected chi connectivity index (χ2v) is 5.94. The molecule has 1 saturated carbocycles. The van der Waals surface area contributed by atoms with Crippen LogP contribution in [0.2, 0.25) is 0 Å². The number of hydrogen-bond acceptors (Lipinski definition) is 3. The van der Waals surface area contributed by atoms with E-state index in [-0.39, 0.29) is 23.3 Å². The van der Waals surface area contributed by atoms with Crippen LogP contribution in [0, 0.1) is 0 Å². The maximum Gasteiger partial charge on any atom is 0.255 e. The zero-order chi connectivity index (χ0) is 13.8. The lowest BCUT2D eigenvalue weighted by Gasteiger charge is -2.28. The third-order valence-corrected chi connectivity index (χ3v) is 4.54. The molecule has 1 aromatic carbocycles. The lowest BCUT2D eigenvalue weighted by Crippen LogP contribution is -2.42.